The minimum atomic E-state index is -0.425. The first kappa shape index (κ1) is 12.9. The molecule has 1 N–H and O–H groups in total. The van der Waals surface area contributed by atoms with Gasteiger partial charge >= 0.3 is 0 Å². The van der Waals surface area contributed by atoms with Crippen molar-refractivity contribution in [3.05, 3.63) is 41.2 Å². The summed E-state index contributed by atoms with van der Waals surface area (Å²) in [5.41, 5.74) is 0.941. The van der Waals surface area contributed by atoms with E-state index < -0.39 is 5.82 Å². The van der Waals surface area contributed by atoms with Crippen LogP contribution in [0.25, 0.3) is 6.08 Å². The summed E-state index contributed by atoms with van der Waals surface area (Å²) in [6.45, 7) is 2.00. The largest absolute Gasteiger partial charge is 0.356 e. The van der Waals surface area contributed by atoms with Crippen LogP contribution < -0.4 is 5.32 Å². The number of carbonyl (C=O) groups is 1. The molecule has 0 radical (unpaired) electrons. The summed E-state index contributed by atoms with van der Waals surface area (Å²) in [5, 5.41) is 11.3. The molecule has 0 aliphatic rings. The summed E-state index contributed by atoms with van der Waals surface area (Å²) in [6, 6.07) is 6.05. The van der Waals surface area contributed by atoms with E-state index in [1.807, 2.05) is 12.1 Å². The van der Waals surface area contributed by atoms with E-state index in [4.69, 9.17) is 5.26 Å². The average molecular weight is 232 g/mol. The second-order valence-corrected chi connectivity index (χ2v) is 3.56. The molecular formula is C13H13FN2O. The van der Waals surface area contributed by atoms with E-state index in [2.05, 4.69) is 5.32 Å². The van der Waals surface area contributed by atoms with Crippen molar-refractivity contribution in [2.24, 2.45) is 0 Å². The van der Waals surface area contributed by atoms with Gasteiger partial charge in [-0.15, -0.1) is 0 Å². The van der Waals surface area contributed by atoms with Crippen LogP contribution in [-0.2, 0) is 4.79 Å². The van der Waals surface area contributed by atoms with E-state index >= 15 is 0 Å². The molecule has 0 bridgehead atoms. The van der Waals surface area contributed by atoms with E-state index in [0.29, 0.717) is 24.1 Å². The van der Waals surface area contributed by atoms with Crippen molar-refractivity contribution in [3.8, 4) is 6.07 Å². The van der Waals surface area contributed by atoms with Gasteiger partial charge in [0, 0.05) is 13.5 Å². The van der Waals surface area contributed by atoms with Crippen molar-refractivity contribution >= 4 is 12.0 Å². The summed E-state index contributed by atoms with van der Waals surface area (Å²) in [7, 11) is 0. The van der Waals surface area contributed by atoms with Gasteiger partial charge < -0.3 is 5.32 Å². The Morgan fingerprint density at radius 2 is 2.29 bits per heavy atom. The molecule has 0 saturated heterocycles. The van der Waals surface area contributed by atoms with Crippen LogP contribution in [0.15, 0.2) is 24.3 Å². The minimum Gasteiger partial charge on any atom is -0.356 e. The Bertz CT molecular complexity index is 475. The highest BCUT2D eigenvalue weighted by Gasteiger charge is 1.97. The molecule has 0 aromatic heterocycles. The first-order valence-corrected chi connectivity index (χ1v) is 5.23. The predicted octanol–water partition coefficient (Wildman–Crippen LogP) is 2.24. The predicted molar refractivity (Wildman–Crippen MR) is 63.4 cm³/mol. The number of nitriles is 1. The summed E-state index contributed by atoms with van der Waals surface area (Å²) in [6.07, 6.45) is 4.22. The number of rotatable bonds is 4. The van der Waals surface area contributed by atoms with Crippen molar-refractivity contribution in [2.45, 2.75) is 13.3 Å². The van der Waals surface area contributed by atoms with Gasteiger partial charge in [0.1, 0.15) is 5.82 Å². The Morgan fingerprint density at radius 3 is 2.94 bits per heavy atom. The zero-order valence-corrected chi connectivity index (χ0v) is 9.53. The third-order valence-corrected chi connectivity index (χ3v) is 2.04. The van der Waals surface area contributed by atoms with Gasteiger partial charge in [-0.2, -0.15) is 5.26 Å². The summed E-state index contributed by atoms with van der Waals surface area (Å²) >= 11 is 0. The highest BCUT2D eigenvalue weighted by molar-refractivity contribution is 5.72. The molecule has 1 aromatic rings. The van der Waals surface area contributed by atoms with Crippen LogP contribution in [-0.4, -0.2) is 12.5 Å². The van der Waals surface area contributed by atoms with E-state index in [1.165, 1.54) is 19.1 Å². The van der Waals surface area contributed by atoms with Gasteiger partial charge in [-0.3, -0.25) is 4.79 Å². The quantitative estimate of drug-likeness (QED) is 0.809. The molecule has 0 unspecified atom stereocenters. The van der Waals surface area contributed by atoms with Crippen molar-refractivity contribution in [1.82, 2.24) is 5.32 Å². The molecule has 0 aliphatic heterocycles. The Kier molecular flexibility index (Phi) is 4.89. The lowest BCUT2D eigenvalue weighted by atomic mass is 10.1. The van der Waals surface area contributed by atoms with E-state index in [1.54, 1.807) is 12.1 Å². The molecular weight excluding hydrogens is 219 g/mol. The molecule has 3 nitrogen and oxygen atoms in total. The molecule has 17 heavy (non-hydrogen) atoms. The van der Waals surface area contributed by atoms with Crippen molar-refractivity contribution in [2.75, 3.05) is 6.54 Å². The van der Waals surface area contributed by atoms with Crippen LogP contribution in [0, 0.1) is 17.1 Å². The second-order valence-electron chi connectivity index (χ2n) is 3.56. The molecule has 0 aliphatic carbocycles. The van der Waals surface area contributed by atoms with Gasteiger partial charge in [0.2, 0.25) is 5.91 Å². The first-order valence-electron chi connectivity index (χ1n) is 5.23. The first-order chi connectivity index (χ1) is 8.11. The van der Waals surface area contributed by atoms with Crippen molar-refractivity contribution in [1.29, 1.82) is 5.26 Å². The van der Waals surface area contributed by atoms with Gasteiger partial charge in [0.15, 0.2) is 0 Å². The molecule has 0 atom stereocenters. The molecule has 0 heterocycles. The van der Waals surface area contributed by atoms with Crippen molar-refractivity contribution in [3.63, 3.8) is 0 Å². The summed E-state index contributed by atoms with van der Waals surface area (Å²) < 4.78 is 13.1. The zero-order chi connectivity index (χ0) is 12.7. The topological polar surface area (TPSA) is 52.9 Å². The van der Waals surface area contributed by atoms with Crippen LogP contribution >= 0.6 is 0 Å². The fourth-order valence-corrected chi connectivity index (χ4v) is 1.32. The number of halogens is 1. The maximum atomic E-state index is 13.1. The van der Waals surface area contributed by atoms with Gasteiger partial charge in [-0.25, -0.2) is 4.39 Å². The Balaban J connectivity index is 2.56. The number of hydrogen-bond donors (Lipinski definition) is 1. The normalized spacial score (nSPS) is 10.2. The average Bonchev–Trinajstić information content (AvgIpc) is 2.27. The Labute approximate surface area is 99.6 Å². The number of nitrogens with zero attached hydrogens (tertiary/aromatic N) is 1. The van der Waals surface area contributed by atoms with E-state index in [9.17, 15) is 9.18 Å². The monoisotopic (exact) mass is 232 g/mol. The molecule has 0 saturated carbocycles. The minimum absolute atomic E-state index is 0.0732. The number of nitrogens with one attached hydrogen (secondary N) is 1. The number of amides is 1. The van der Waals surface area contributed by atoms with Crippen LogP contribution in [0.2, 0.25) is 0 Å². The van der Waals surface area contributed by atoms with Crippen LogP contribution in [0.5, 0.6) is 0 Å². The van der Waals surface area contributed by atoms with Crippen LogP contribution in [0.3, 0.4) is 0 Å². The third kappa shape index (κ3) is 4.94. The summed E-state index contributed by atoms with van der Waals surface area (Å²) in [4.78, 5) is 10.6. The molecule has 0 spiro atoms. The zero-order valence-electron chi connectivity index (χ0n) is 9.53. The number of hydrogen-bond acceptors (Lipinski definition) is 2. The summed E-state index contributed by atoms with van der Waals surface area (Å²) in [5.74, 6) is -0.499. The Morgan fingerprint density at radius 1 is 1.53 bits per heavy atom. The van der Waals surface area contributed by atoms with E-state index in [0.717, 1.165) is 0 Å². The SMILES string of the molecule is CC(=O)NCCC=Cc1cc(F)cc(C#N)c1. The second kappa shape index (κ2) is 6.44. The van der Waals surface area contributed by atoms with Gasteiger partial charge in [-0.05, 0) is 30.2 Å². The molecule has 1 aromatic carbocycles. The van der Waals surface area contributed by atoms with E-state index in [-0.39, 0.29) is 5.91 Å². The molecule has 1 amide bonds. The lowest BCUT2D eigenvalue weighted by Crippen LogP contribution is -2.20. The van der Waals surface area contributed by atoms with Crippen LogP contribution in [0.1, 0.15) is 24.5 Å². The highest BCUT2D eigenvalue weighted by Crippen LogP contribution is 2.10. The third-order valence-electron chi connectivity index (χ3n) is 2.04. The molecule has 4 heteroatoms. The maximum Gasteiger partial charge on any atom is 0.216 e. The fourth-order valence-electron chi connectivity index (χ4n) is 1.32. The number of benzene rings is 1. The molecule has 1 rings (SSSR count). The molecule has 88 valence electrons. The fraction of sp³-hybridized carbons (Fsp3) is 0.231. The standard InChI is InChI=1S/C13H13FN2O/c1-10(17)16-5-3-2-4-11-6-12(9-15)8-13(14)7-11/h2,4,6-8H,3,5H2,1H3,(H,16,17). The van der Waals surface area contributed by atoms with Crippen LogP contribution in [0.4, 0.5) is 4.39 Å². The van der Waals surface area contributed by atoms with Gasteiger partial charge in [-0.1, -0.05) is 12.2 Å². The van der Waals surface area contributed by atoms with Gasteiger partial charge in [0.25, 0.3) is 0 Å². The molecule has 0 fully saturated rings. The lowest BCUT2D eigenvalue weighted by Gasteiger charge is -1.98. The van der Waals surface area contributed by atoms with Gasteiger partial charge in [0.05, 0.1) is 11.6 Å². The highest BCUT2D eigenvalue weighted by atomic mass is 19.1. The smallest absolute Gasteiger partial charge is 0.216 e. The van der Waals surface area contributed by atoms with Crippen molar-refractivity contribution < 1.29 is 9.18 Å². The lowest BCUT2D eigenvalue weighted by molar-refractivity contribution is -0.118. The Hall–Kier alpha value is -2.15. The maximum absolute atomic E-state index is 13.1. The number of carbonyl (C=O) groups excluding carboxylic acids is 1.